The van der Waals surface area contributed by atoms with Gasteiger partial charge in [-0.2, -0.15) is 0 Å². The predicted octanol–water partition coefficient (Wildman–Crippen LogP) is 3.93. The second-order valence-electron chi connectivity index (χ2n) is 8.12. The molecule has 182 valence electrons. The van der Waals surface area contributed by atoms with Gasteiger partial charge in [-0.05, 0) is 33.7 Å². The van der Waals surface area contributed by atoms with Crippen LogP contribution in [0.1, 0.15) is 34.4 Å². The zero-order valence-corrected chi connectivity index (χ0v) is 19.9. The van der Waals surface area contributed by atoms with Gasteiger partial charge in [0, 0.05) is 24.4 Å². The number of amides is 2. The number of ether oxygens (including phenoxy) is 2. The number of alkyl carbamates (subject to hydrolysis) is 1. The highest BCUT2D eigenvalue weighted by Gasteiger charge is 2.29. The summed E-state index contributed by atoms with van der Waals surface area (Å²) in [5.74, 6) is -1.69. The van der Waals surface area contributed by atoms with Crippen LogP contribution in [0.15, 0.2) is 66.0 Å². The maximum Gasteiger partial charge on any atom is 0.407 e. The van der Waals surface area contributed by atoms with Crippen molar-refractivity contribution >= 4 is 29.3 Å². The first-order chi connectivity index (χ1) is 17.0. The SMILES string of the molecule is COC(CNC(=O)OCC1c2ccccc2-c2ccccc21)CC(=O)NC(C(=O)O)c1cccs1. The van der Waals surface area contributed by atoms with Crippen molar-refractivity contribution in [3.05, 3.63) is 82.0 Å². The van der Waals surface area contributed by atoms with E-state index in [2.05, 4.69) is 22.8 Å². The maximum absolute atomic E-state index is 12.4. The zero-order chi connectivity index (χ0) is 24.8. The van der Waals surface area contributed by atoms with Crippen LogP contribution in [0.4, 0.5) is 4.79 Å². The summed E-state index contributed by atoms with van der Waals surface area (Å²) in [6, 6.07) is 18.4. The smallest absolute Gasteiger partial charge is 0.407 e. The minimum atomic E-state index is -1.15. The highest BCUT2D eigenvalue weighted by molar-refractivity contribution is 7.10. The molecule has 0 saturated heterocycles. The Morgan fingerprint density at radius 3 is 2.23 bits per heavy atom. The summed E-state index contributed by atoms with van der Waals surface area (Å²) in [7, 11) is 1.42. The Kier molecular flexibility index (Phi) is 7.79. The highest BCUT2D eigenvalue weighted by Crippen LogP contribution is 2.44. The lowest BCUT2D eigenvalue weighted by molar-refractivity contribution is -0.142. The van der Waals surface area contributed by atoms with E-state index in [1.54, 1.807) is 17.5 Å². The van der Waals surface area contributed by atoms with Crippen LogP contribution in [-0.4, -0.2) is 49.4 Å². The molecule has 0 fully saturated rings. The molecule has 0 spiro atoms. The van der Waals surface area contributed by atoms with Gasteiger partial charge in [0.25, 0.3) is 0 Å². The monoisotopic (exact) mass is 494 g/mol. The summed E-state index contributed by atoms with van der Waals surface area (Å²) >= 11 is 1.25. The number of carbonyl (C=O) groups excluding carboxylic acids is 2. The number of carbonyl (C=O) groups is 3. The summed E-state index contributed by atoms with van der Waals surface area (Å²) in [6.07, 6.45) is -1.38. The second kappa shape index (κ2) is 11.2. The molecule has 4 rings (SSSR count). The topological polar surface area (TPSA) is 114 Å². The van der Waals surface area contributed by atoms with Crippen LogP contribution in [-0.2, 0) is 19.1 Å². The first-order valence-corrected chi connectivity index (χ1v) is 12.0. The number of carboxylic acids is 1. The van der Waals surface area contributed by atoms with Crippen molar-refractivity contribution in [1.82, 2.24) is 10.6 Å². The molecule has 2 amide bonds. The normalized spacial score (nSPS) is 13.9. The van der Waals surface area contributed by atoms with Crippen molar-refractivity contribution in [1.29, 1.82) is 0 Å². The van der Waals surface area contributed by atoms with E-state index in [1.807, 2.05) is 36.4 Å². The summed E-state index contributed by atoms with van der Waals surface area (Å²) in [6.45, 7) is 0.219. The lowest BCUT2D eigenvalue weighted by Gasteiger charge is -2.19. The standard InChI is InChI=1S/C26H26N2O6S/c1-33-16(13-23(29)28-24(25(30)31)22-11-6-12-35-22)14-27-26(32)34-15-21-19-9-4-2-7-17(19)18-8-3-5-10-20(18)21/h2-12,16,21,24H,13-15H2,1H3,(H,27,32)(H,28,29)(H,30,31). The number of rotatable bonds is 10. The lowest BCUT2D eigenvalue weighted by Crippen LogP contribution is -2.39. The minimum absolute atomic E-state index is 0.0390. The van der Waals surface area contributed by atoms with Crippen molar-refractivity contribution in [3.63, 3.8) is 0 Å². The fraction of sp³-hybridized carbons (Fsp3) is 0.269. The van der Waals surface area contributed by atoms with Crippen molar-refractivity contribution < 1.29 is 29.0 Å². The Labute approximate surface area is 206 Å². The molecule has 0 aliphatic heterocycles. The third-order valence-corrected chi connectivity index (χ3v) is 6.88. The number of hydrogen-bond acceptors (Lipinski definition) is 6. The number of fused-ring (bicyclic) bond motifs is 3. The van der Waals surface area contributed by atoms with Crippen LogP contribution < -0.4 is 10.6 Å². The molecule has 1 heterocycles. The van der Waals surface area contributed by atoms with E-state index in [0.29, 0.717) is 4.88 Å². The quantitative estimate of drug-likeness (QED) is 0.394. The van der Waals surface area contributed by atoms with Gasteiger partial charge in [0.05, 0.1) is 12.5 Å². The largest absolute Gasteiger partial charge is 0.479 e. The molecular weight excluding hydrogens is 468 g/mol. The molecular formula is C26H26N2O6S. The van der Waals surface area contributed by atoms with Crippen molar-refractivity contribution in [2.24, 2.45) is 0 Å². The Morgan fingerprint density at radius 1 is 1.00 bits per heavy atom. The molecule has 3 N–H and O–H groups in total. The van der Waals surface area contributed by atoms with Crippen molar-refractivity contribution in [2.45, 2.75) is 24.5 Å². The van der Waals surface area contributed by atoms with E-state index in [-0.39, 0.29) is 25.5 Å². The predicted molar refractivity (Wildman–Crippen MR) is 131 cm³/mol. The number of nitrogens with one attached hydrogen (secondary N) is 2. The van der Waals surface area contributed by atoms with Gasteiger partial charge in [0.2, 0.25) is 5.91 Å². The van der Waals surface area contributed by atoms with Crippen LogP contribution in [0.5, 0.6) is 0 Å². The lowest BCUT2D eigenvalue weighted by atomic mass is 9.98. The van der Waals surface area contributed by atoms with Crippen LogP contribution in [0.25, 0.3) is 11.1 Å². The van der Waals surface area contributed by atoms with E-state index in [4.69, 9.17) is 9.47 Å². The number of methoxy groups -OCH3 is 1. The second-order valence-corrected chi connectivity index (χ2v) is 9.10. The van der Waals surface area contributed by atoms with Gasteiger partial charge in [-0.25, -0.2) is 9.59 Å². The third kappa shape index (κ3) is 5.70. The van der Waals surface area contributed by atoms with Gasteiger partial charge < -0.3 is 25.2 Å². The molecule has 0 bridgehead atoms. The number of hydrogen-bond donors (Lipinski definition) is 3. The van der Waals surface area contributed by atoms with Crippen LogP contribution in [0, 0.1) is 0 Å². The summed E-state index contributed by atoms with van der Waals surface area (Å²) in [5, 5.41) is 16.3. The fourth-order valence-electron chi connectivity index (χ4n) is 4.22. The van der Waals surface area contributed by atoms with Crippen molar-refractivity contribution in [3.8, 4) is 11.1 Å². The van der Waals surface area contributed by atoms with E-state index < -0.39 is 30.1 Å². The Hall–Kier alpha value is -3.69. The third-order valence-electron chi connectivity index (χ3n) is 5.94. The van der Waals surface area contributed by atoms with Crippen LogP contribution in [0.3, 0.4) is 0 Å². The van der Waals surface area contributed by atoms with E-state index in [9.17, 15) is 19.5 Å². The molecule has 1 aliphatic rings. The summed E-state index contributed by atoms with van der Waals surface area (Å²) < 4.78 is 10.8. The van der Waals surface area contributed by atoms with Gasteiger partial charge in [-0.15, -0.1) is 11.3 Å². The highest BCUT2D eigenvalue weighted by atomic mass is 32.1. The summed E-state index contributed by atoms with van der Waals surface area (Å²) in [4.78, 5) is 36.8. The molecule has 1 aromatic heterocycles. The molecule has 1 aliphatic carbocycles. The summed E-state index contributed by atoms with van der Waals surface area (Å²) in [5.41, 5.74) is 4.52. The molecule has 8 nitrogen and oxygen atoms in total. The van der Waals surface area contributed by atoms with Gasteiger partial charge in [-0.1, -0.05) is 54.6 Å². The van der Waals surface area contributed by atoms with Crippen LogP contribution in [0.2, 0.25) is 0 Å². The first-order valence-electron chi connectivity index (χ1n) is 11.1. The van der Waals surface area contributed by atoms with Crippen molar-refractivity contribution in [2.75, 3.05) is 20.3 Å². The number of carboxylic acid groups (broad SMARTS) is 1. The van der Waals surface area contributed by atoms with E-state index >= 15 is 0 Å². The van der Waals surface area contributed by atoms with Gasteiger partial charge in [0.1, 0.15) is 6.61 Å². The molecule has 0 radical (unpaired) electrons. The number of aliphatic carboxylic acids is 1. The van der Waals surface area contributed by atoms with Gasteiger partial charge in [0.15, 0.2) is 6.04 Å². The molecule has 35 heavy (non-hydrogen) atoms. The fourth-order valence-corrected chi connectivity index (χ4v) is 4.99. The molecule has 2 atom stereocenters. The minimum Gasteiger partial charge on any atom is -0.479 e. The first kappa shape index (κ1) is 24.4. The molecule has 3 aromatic rings. The van der Waals surface area contributed by atoms with E-state index in [1.165, 1.54) is 18.4 Å². The molecule has 0 saturated carbocycles. The van der Waals surface area contributed by atoms with Crippen LogP contribution >= 0.6 is 11.3 Å². The Bertz CT molecular complexity index is 1150. The van der Waals surface area contributed by atoms with E-state index in [0.717, 1.165) is 22.3 Å². The zero-order valence-electron chi connectivity index (χ0n) is 19.1. The average molecular weight is 495 g/mol. The maximum atomic E-state index is 12.4. The Balaban J connectivity index is 1.28. The number of benzene rings is 2. The van der Waals surface area contributed by atoms with Gasteiger partial charge in [-0.3, -0.25) is 4.79 Å². The number of thiophene rings is 1. The van der Waals surface area contributed by atoms with Gasteiger partial charge >= 0.3 is 12.1 Å². The Morgan fingerprint density at radius 2 is 1.66 bits per heavy atom. The molecule has 2 unspecified atom stereocenters. The molecule has 2 aromatic carbocycles. The molecule has 9 heteroatoms. The average Bonchev–Trinajstić information content (AvgIpc) is 3.50.